The molecule has 0 aliphatic rings. The minimum Gasteiger partial charge on any atom is -0.396 e. The van der Waals surface area contributed by atoms with Crippen LogP contribution in [-0.4, -0.2) is 78.1 Å². The van der Waals surface area contributed by atoms with Crippen LogP contribution in [0.3, 0.4) is 0 Å². The normalized spacial score (nSPS) is 12.9. The van der Waals surface area contributed by atoms with Gasteiger partial charge in [0.25, 0.3) is 0 Å². The molecule has 8 heteroatoms. The van der Waals surface area contributed by atoms with Crippen molar-refractivity contribution in [1.82, 2.24) is 0 Å². The van der Waals surface area contributed by atoms with Gasteiger partial charge in [0, 0.05) is 39.1 Å². The van der Waals surface area contributed by atoms with Gasteiger partial charge in [-0.05, 0) is 0 Å². The molecule has 0 bridgehead atoms. The summed E-state index contributed by atoms with van der Waals surface area (Å²) in [5, 5.41) is 26.6. The lowest BCUT2D eigenvalue weighted by atomic mass is 10.2. The van der Waals surface area contributed by atoms with Crippen molar-refractivity contribution in [3.63, 3.8) is 0 Å². The second kappa shape index (κ2) is 8.78. The van der Waals surface area contributed by atoms with Gasteiger partial charge in [0.2, 0.25) is 5.88 Å². The fraction of sp³-hybridized carbons (Fsp3) is 1.00. The van der Waals surface area contributed by atoms with Gasteiger partial charge >= 0.3 is 10.1 Å². The first kappa shape index (κ1) is 17.8. The van der Waals surface area contributed by atoms with Gasteiger partial charge in [-0.3, -0.25) is 4.55 Å². The zero-order valence-electron chi connectivity index (χ0n) is 10.5. The molecule has 0 atom stereocenters. The van der Waals surface area contributed by atoms with Crippen LogP contribution in [0.5, 0.6) is 0 Å². The summed E-state index contributed by atoms with van der Waals surface area (Å²) >= 11 is 0. The van der Waals surface area contributed by atoms with Crippen LogP contribution in [0.4, 0.5) is 0 Å². The van der Waals surface area contributed by atoms with Crippen LogP contribution in [0.15, 0.2) is 0 Å². The molecule has 0 radical (unpaired) electrons. The van der Waals surface area contributed by atoms with Gasteiger partial charge in [-0.15, -0.1) is 0 Å². The molecule has 0 saturated carbocycles. The summed E-state index contributed by atoms with van der Waals surface area (Å²) in [5.74, 6) is -0.451. The summed E-state index contributed by atoms with van der Waals surface area (Å²) in [6.07, 6.45) is 1.23. The van der Waals surface area contributed by atoms with Crippen molar-refractivity contribution >= 4 is 10.1 Å². The molecule has 0 rings (SSSR count). The second-order valence-corrected chi connectivity index (χ2v) is 5.88. The number of hydrogen-bond donors (Lipinski definition) is 4. The number of nitrogens with zero attached hydrogens (tertiary/aromatic N) is 1. The van der Waals surface area contributed by atoms with Crippen molar-refractivity contribution in [2.24, 2.45) is 0 Å². The molecule has 0 aromatic heterocycles. The van der Waals surface area contributed by atoms with Crippen LogP contribution in [-0.2, 0) is 10.1 Å². The Morgan fingerprint density at radius 3 is 1.33 bits per heavy atom. The Bertz CT molecular complexity index is 284. The topological polar surface area (TPSA) is 115 Å². The highest BCUT2D eigenvalue weighted by Gasteiger charge is 2.31. The van der Waals surface area contributed by atoms with Crippen molar-refractivity contribution < 1.29 is 32.8 Å². The maximum Gasteiger partial charge on any atom is 0.316 e. The van der Waals surface area contributed by atoms with Crippen LogP contribution < -0.4 is 0 Å². The lowest BCUT2D eigenvalue weighted by Gasteiger charge is -2.37. The Morgan fingerprint density at radius 2 is 1.11 bits per heavy atom. The molecular weight excluding hydrogens is 262 g/mol. The summed E-state index contributed by atoms with van der Waals surface area (Å²) in [7, 11) is -4.15. The van der Waals surface area contributed by atoms with Crippen molar-refractivity contribution in [2.75, 3.05) is 45.3 Å². The first-order valence-corrected chi connectivity index (χ1v) is 7.63. The van der Waals surface area contributed by atoms with Gasteiger partial charge in [-0.1, -0.05) is 0 Å². The smallest absolute Gasteiger partial charge is 0.316 e. The lowest BCUT2D eigenvalue weighted by molar-refractivity contribution is -0.918. The number of hydrogen-bond acceptors (Lipinski definition) is 5. The third kappa shape index (κ3) is 7.96. The third-order valence-corrected chi connectivity index (χ3v) is 3.68. The number of rotatable bonds is 11. The Balaban J connectivity index is 4.84. The van der Waals surface area contributed by atoms with Gasteiger partial charge < -0.3 is 19.8 Å². The average Bonchev–Trinajstić information content (AvgIpc) is 2.29. The van der Waals surface area contributed by atoms with Crippen LogP contribution in [0, 0.1) is 0 Å². The van der Waals surface area contributed by atoms with Gasteiger partial charge in [-0.2, -0.15) is 8.42 Å². The second-order valence-electron chi connectivity index (χ2n) is 4.45. The molecule has 0 amide bonds. The average molecular weight is 286 g/mol. The summed E-state index contributed by atoms with van der Waals surface area (Å²) < 4.78 is 31.3. The van der Waals surface area contributed by atoms with Gasteiger partial charge in [0.1, 0.15) is 0 Å². The van der Waals surface area contributed by atoms with E-state index in [9.17, 15) is 8.42 Å². The molecule has 0 heterocycles. The number of quaternary nitrogens is 1. The van der Waals surface area contributed by atoms with Crippen LogP contribution in [0.25, 0.3) is 0 Å². The van der Waals surface area contributed by atoms with E-state index in [0.717, 1.165) is 0 Å². The predicted octanol–water partition coefficient (Wildman–Crippen LogP) is -1.20. The maximum atomic E-state index is 11.1. The summed E-state index contributed by atoms with van der Waals surface area (Å²) in [6, 6.07) is 0. The quantitative estimate of drug-likeness (QED) is 0.280. The molecule has 0 spiro atoms. The minimum atomic E-state index is -4.15. The highest BCUT2D eigenvalue weighted by molar-refractivity contribution is 7.85. The van der Waals surface area contributed by atoms with Crippen molar-refractivity contribution in [2.45, 2.75) is 19.3 Å². The van der Waals surface area contributed by atoms with E-state index in [1.807, 2.05) is 0 Å². The minimum absolute atomic E-state index is 0.0561. The van der Waals surface area contributed by atoms with Crippen LogP contribution in [0.1, 0.15) is 19.3 Å². The van der Waals surface area contributed by atoms with E-state index in [4.69, 9.17) is 19.9 Å². The number of aliphatic hydroxyl groups is 3. The van der Waals surface area contributed by atoms with Gasteiger partial charge in [0.15, 0.2) is 0 Å². The molecule has 0 unspecified atom stereocenters. The first-order valence-electron chi connectivity index (χ1n) is 6.02. The first-order chi connectivity index (χ1) is 8.39. The van der Waals surface area contributed by atoms with Crippen molar-refractivity contribution in [3.8, 4) is 0 Å². The molecular formula is C10H24NO6S+. The standard InChI is InChI=1S/C10H23NO6S/c12-7-1-4-11(5-2-8-13,6-3-9-14)10-18(15,16)17/h12-14H,1-10H2/p+1. The molecule has 0 aromatic carbocycles. The highest BCUT2D eigenvalue weighted by atomic mass is 32.2. The molecule has 0 saturated heterocycles. The molecule has 18 heavy (non-hydrogen) atoms. The van der Waals surface area contributed by atoms with E-state index in [-0.39, 0.29) is 24.3 Å². The summed E-state index contributed by atoms with van der Waals surface area (Å²) in [4.78, 5) is 0. The number of aliphatic hydroxyl groups excluding tert-OH is 3. The van der Waals surface area contributed by atoms with Crippen LogP contribution in [0.2, 0.25) is 0 Å². The zero-order chi connectivity index (χ0) is 14.1. The Labute approximate surface area is 108 Å². The van der Waals surface area contributed by atoms with Crippen molar-refractivity contribution in [3.05, 3.63) is 0 Å². The SMILES string of the molecule is O=S(=O)(O)C[N+](CCCO)(CCCO)CCCO. The van der Waals surface area contributed by atoms with Gasteiger partial charge in [0.05, 0.1) is 19.6 Å². The predicted molar refractivity (Wildman–Crippen MR) is 66.4 cm³/mol. The Kier molecular flexibility index (Phi) is 8.66. The Morgan fingerprint density at radius 1 is 0.778 bits per heavy atom. The van der Waals surface area contributed by atoms with E-state index < -0.39 is 16.0 Å². The van der Waals surface area contributed by atoms with E-state index in [1.165, 1.54) is 0 Å². The molecule has 0 aliphatic heterocycles. The van der Waals surface area contributed by atoms with Gasteiger partial charge in [-0.25, -0.2) is 0 Å². The monoisotopic (exact) mass is 286 g/mol. The lowest BCUT2D eigenvalue weighted by Crippen LogP contribution is -2.53. The fourth-order valence-corrected chi connectivity index (χ4v) is 3.17. The molecule has 0 aliphatic carbocycles. The third-order valence-electron chi connectivity index (χ3n) is 2.81. The highest BCUT2D eigenvalue weighted by Crippen LogP contribution is 2.13. The Hall–Kier alpha value is -0.250. The van der Waals surface area contributed by atoms with E-state index in [2.05, 4.69) is 0 Å². The zero-order valence-corrected chi connectivity index (χ0v) is 11.3. The largest absolute Gasteiger partial charge is 0.396 e. The fourth-order valence-electron chi connectivity index (χ4n) is 2.09. The maximum absolute atomic E-state index is 11.1. The van der Waals surface area contributed by atoms with E-state index >= 15 is 0 Å². The van der Waals surface area contributed by atoms with E-state index in [1.54, 1.807) is 0 Å². The van der Waals surface area contributed by atoms with E-state index in [0.29, 0.717) is 38.9 Å². The molecule has 0 fully saturated rings. The molecule has 110 valence electrons. The summed E-state index contributed by atoms with van der Waals surface area (Å²) in [6.45, 7) is 0.958. The van der Waals surface area contributed by atoms with Crippen molar-refractivity contribution in [1.29, 1.82) is 0 Å². The van der Waals surface area contributed by atoms with Crippen LogP contribution >= 0.6 is 0 Å². The summed E-state index contributed by atoms with van der Waals surface area (Å²) in [5.41, 5.74) is 0. The molecule has 4 N–H and O–H groups in total. The molecule has 7 nitrogen and oxygen atoms in total. The molecule has 0 aromatic rings.